The fraction of sp³-hybridized carbons (Fsp3) is 0.353. The van der Waals surface area contributed by atoms with Crippen molar-refractivity contribution in [3.8, 4) is 5.75 Å². The molecule has 1 aliphatic rings. The topological polar surface area (TPSA) is 29.5 Å². The van der Waals surface area contributed by atoms with Crippen molar-refractivity contribution in [2.45, 2.75) is 25.4 Å². The van der Waals surface area contributed by atoms with Gasteiger partial charge in [0.15, 0.2) is 5.78 Å². The van der Waals surface area contributed by atoms with Gasteiger partial charge in [0.05, 0.1) is 19.2 Å². The second kappa shape index (κ2) is 6.41. The van der Waals surface area contributed by atoms with Gasteiger partial charge in [0, 0.05) is 12.6 Å². The van der Waals surface area contributed by atoms with E-state index >= 15 is 0 Å². The van der Waals surface area contributed by atoms with Gasteiger partial charge in [-0.25, -0.2) is 0 Å². The molecule has 1 aromatic carbocycles. The number of hydrogen-bond donors (Lipinski definition) is 0. The van der Waals surface area contributed by atoms with Gasteiger partial charge in [-0.05, 0) is 47.4 Å². The maximum atomic E-state index is 12.6. The Morgan fingerprint density at radius 1 is 1.33 bits per heavy atom. The maximum Gasteiger partial charge on any atom is 0.180 e. The van der Waals surface area contributed by atoms with E-state index in [0.29, 0.717) is 23.9 Å². The van der Waals surface area contributed by atoms with Crippen molar-refractivity contribution in [2.75, 3.05) is 13.7 Å². The van der Waals surface area contributed by atoms with E-state index in [1.54, 1.807) is 18.4 Å². The molecule has 3 rings (SSSR count). The molecule has 3 nitrogen and oxygen atoms in total. The Morgan fingerprint density at radius 3 is 2.81 bits per heavy atom. The molecule has 0 spiro atoms. The molecule has 21 heavy (non-hydrogen) atoms. The van der Waals surface area contributed by atoms with Gasteiger partial charge in [-0.3, -0.25) is 9.69 Å². The first-order chi connectivity index (χ1) is 10.3. The van der Waals surface area contributed by atoms with Crippen LogP contribution in [0.2, 0.25) is 0 Å². The predicted octanol–water partition coefficient (Wildman–Crippen LogP) is 3.60. The fourth-order valence-electron chi connectivity index (χ4n) is 2.52. The summed E-state index contributed by atoms with van der Waals surface area (Å²) in [7, 11) is 1.61. The molecule has 4 heteroatoms. The van der Waals surface area contributed by atoms with Crippen molar-refractivity contribution in [2.24, 2.45) is 0 Å². The molecule has 1 heterocycles. The highest BCUT2D eigenvalue weighted by molar-refractivity contribution is 7.07. The average molecular weight is 301 g/mol. The lowest BCUT2D eigenvalue weighted by Gasteiger charge is -2.21. The zero-order chi connectivity index (χ0) is 14.7. The molecule has 1 aliphatic carbocycles. The van der Waals surface area contributed by atoms with Crippen LogP contribution < -0.4 is 4.74 Å². The number of nitrogens with zero attached hydrogens (tertiary/aromatic N) is 1. The summed E-state index contributed by atoms with van der Waals surface area (Å²) in [6.45, 7) is 1.32. The number of para-hydroxylation sites is 1. The molecule has 0 bridgehead atoms. The minimum Gasteiger partial charge on any atom is -0.496 e. The Balaban J connectivity index is 1.72. The van der Waals surface area contributed by atoms with Gasteiger partial charge < -0.3 is 4.74 Å². The van der Waals surface area contributed by atoms with Crippen LogP contribution in [0.1, 0.15) is 28.8 Å². The highest BCUT2D eigenvalue weighted by atomic mass is 32.1. The smallest absolute Gasteiger partial charge is 0.180 e. The molecule has 0 amide bonds. The minimum atomic E-state index is 0.134. The number of methoxy groups -OCH3 is 1. The van der Waals surface area contributed by atoms with Crippen molar-refractivity contribution >= 4 is 17.1 Å². The molecule has 1 saturated carbocycles. The van der Waals surface area contributed by atoms with E-state index in [9.17, 15) is 4.79 Å². The molecule has 0 aliphatic heterocycles. The van der Waals surface area contributed by atoms with Crippen LogP contribution in [0.3, 0.4) is 0 Å². The van der Waals surface area contributed by atoms with E-state index in [-0.39, 0.29) is 5.78 Å². The lowest BCUT2D eigenvalue weighted by molar-refractivity contribution is 0.0916. The lowest BCUT2D eigenvalue weighted by Crippen LogP contribution is -2.31. The number of ketones is 1. The third kappa shape index (κ3) is 3.52. The number of hydrogen-bond acceptors (Lipinski definition) is 4. The van der Waals surface area contributed by atoms with Crippen LogP contribution in [-0.2, 0) is 6.54 Å². The molecular formula is C17H19NO2S. The Labute approximate surface area is 129 Å². The number of carbonyl (C=O) groups is 1. The zero-order valence-corrected chi connectivity index (χ0v) is 12.9. The Kier molecular flexibility index (Phi) is 4.36. The largest absolute Gasteiger partial charge is 0.496 e. The van der Waals surface area contributed by atoms with Crippen LogP contribution in [0.25, 0.3) is 0 Å². The Hall–Kier alpha value is -1.65. The molecule has 0 N–H and O–H groups in total. The molecule has 110 valence electrons. The van der Waals surface area contributed by atoms with Gasteiger partial charge >= 0.3 is 0 Å². The van der Waals surface area contributed by atoms with Gasteiger partial charge in [-0.15, -0.1) is 0 Å². The van der Waals surface area contributed by atoms with Crippen molar-refractivity contribution in [3.05, 3.63) is 52.2 Å². The highest BCUT2D eigenvalue weighted by Crippen LogP contribution is 2.29. The molecule has 1 fully saturated rings. The predicted molar refractivity (Wildman–Crippen MR) is 85.1 cm³/mol. The molecule has 1 aromatic heterocycles. The molecule has 2 aromatic rings. The third-order valence-corrected chi connectivity index (χ3v) is 4.52. The number of Topliss-reactive ketones (excluding diaryl/α,β-unsaturated/α-hetero) is 1. The summed E-state index contributed by atoms with van der Waals surface area (Å²) in [5, 5.41) is 4.24. The SMILES string of the molecule is COc1ccccc1C(=O)CN(Cc1ccsc1)C1CC1. The van der Waals surface area contributed by atoms with Gasteiger partial charge in [0.25, 0.3) is 0 Å². The van der Waals surface area contributed by atoms with E-state index in [4.69, 9.17) is 4.74 Å². The van der Waals surface area contributed by atoms with Gasteiger partial charge in [-0.2, -0.15) is 11.3 Å². The van der Waals surface area contributed by atoms with E-state index in [1.165, 1.54) is 18.4 Å². The highest BCUT2D eigenvalue weighted by Gasteiger charge is 2.31. The average Bonchev–Trinajstić information content (AvgIpc) is 3.24. The maximum absolute atomic E-state index is 12.6. The van der Waals surface area contributed by atoms with Crippen molar-refractivity contribution in [1.29, 1.82) is 0 Å². The molecule has 0 unspecified atom stereocenters. The van der Waals surface area contributed by atoms with Gasteiger partial charge in [-0.1, -0.05) is 12.1 Å². The molecule has 0 saturated heterocycles. The third-order valence-electron chi connectivity index (χ3n) is 3.78. The summed E-state index contributed by atoms with van der Waals surface area (Å²) in [5.41, 5.74) is 1.97. The second-order valence-corrected chi connectivity index (χ2v) is 6.17. The number of carbonyl (C=O) groups excluding carboxylic acids is 1. The lowest BCUT2D eigenvalue weighted by atomic mass is 10.1. The first kappa shape index (κ1) is 14.3. The van der Waals surface area contributed by atoms with E-state index in [2.05, 4.69) is 21.7 Å². The zero-order valence-electron chi connectivity index (χ0n) is 12.1. The summed E-state index contributed by atoms with van der Waals surface area (Å²) in [6.07, 6.45) is 2.40. The molecular weight excluding hydrogens is 282 g/mol. The second-order valence-electron chi connectivity index (χ2n) is 5.39. The summed E-state index contributed by atoms with van der Waals surface area (Å²) in [5.74, 6) is 0.795. The van der Waals surface area contributed by atoms with Crippen LogP contribution in [0.15, 0.2) is 41.1 Å². The summed E-state index contributed by atoms with van der Waals surface area (Å²) in [4.78, 5) is 14.9. The van der Waals surface area contributed by atoms with Crippen LogP contribution in [0, 0.1) is 0 Å². The molecule has 0 radical (unpaired) electrons. The van der Waals surface area contributed by atoms with Crippen molar-refractivity contribution < 1.29 is 9.53 Å². The summed E-state index contributed by atoms with van der Waals surface area (Å²) < 4.78 is 5.29. The van der Waals surface area contributed by atoms with Crippen LogP contribution >= 0.6 is 11.3 Å². The first-order valence-corrected chi connectivity index (χ1v) is 8.13. The standard InChI is InChI=1S/C17H19NO2S/c1-20-17-5-3-2-4-15(17)16(19)11-18(14-6-7-14)10-13-8-9-21-12-13/h2-5,8-9,12,14H,6-7,10-11H2,1H3. The number of thiophene rings is 1. The Morgan fingerprint density at radius 2 is 2.14 bits per heavy atom. The summed E-state index contributed by atoms with van der Waals surface area (Å²) in [6, 6.07) is 10.1. The van der Waals surface area contributed by atoms with Crippen molar-refractivity contribution in [1.82, 2.24) is 4.90 Å². The number of ether oxygens (including phenoxy) is 1. The van der Waals surface area contributed by atoms with Gasteiger partial charge in [0.1, 0.15) is 5.75 Å². The molecule has 0 atom stereocenters. The fourth-order valence-corrected chi connectivity index (χ4v) is 3.18. The minimum absolute atomic E-state index is 0.134. The quantitative estimate of drug-likeness (QED) is 0.732. The van der Waals surface area contributed by atoms with E-state index in [1.807, 2.05) is 24.3 Å². The van der Waals surface area contributed by atoms with Crippen LogP contribution in [-0.4, -0.2) is 30.4 Å². The van der Waals surface area contributed by atoms with Crippen LogP contribution in [0.5, 0.6) is 5.75 Å². The monoisotopic (exact) mass is 301 g/mol. The first-order valence-electron chi connectivity index (χ1n) is 7.19. The Bertz CT molecular complexity index is 605. The summed E-state index contributed by atoms with van der Waals surface area (Å²) >= 11 is 1.70. The van der Waals surface area contributed by atoms with E-state index in [0.717, 1.165) is 6.54 Å². The number of benzene rings is 1. The number of rotatable bonds is 7. The normalized spacial score (nSPS) is 14.4. The van der Waals surface area contributed by atoms with Crippen molar-refractivity contribution in [3.63, 3.8) is 0 Å². The van der Waals surface area contributed by atoms with Crippen LogP contribution in [0.4, 0.5) is 0 Å². The van der Waals surface area contributed by atoms with E-state index < -0.39 is 0 Å². The van der Waals surface area contributed by atoms with Gasteiger partial charge in [0.2, 0.25) is 0 Å².